The molecule has 0 aliphatic carbocycles. The molecule has 0 fully saturated rings. The summed E-state index contributed by atoms with van der Waals surface area (Å²) in [4.78, 5) is 0.672. The van der Waals surface area contributed by atoms with Crippen molar-refractivity contribution in [1.82, 2.24) is 4.72 Å². The third-order valence-corrected chi connectivity index (χ3v) is 6.30. The Hall–Kier alpha value is -1.08. The van der Waals surface area contributed by atoms with Gasteiger partial charge in [0, 0.05) is 16.0 Å². The van der Waals surface area contributed by atoms with E-state index >= 15 is 0 Å². The fourth-order valence-corrected chi connectivity index (χ4v) is 5.00. The molecular formula is C15H13ClFNO2S2. The first-order valence-corrected chi connectivity index (χ1v) is 9.51. The summed E-state index contributed by atoms with van der Waals surface area (Å²) in [5, 5.41) is 0.163. The third-order valence-electron chi connectivity index (χ3n) is 3.44. The molecule has 1 heterocycles. The molecule has 3 rings (SSSR count). The predicted octanol–water partition coefficient (Wildman–Crippen LogP) is 3.99. The molecule has 1 unspecified atom stereocenters. The highest BCUT2D eigenvalue weighted by molar-refractivity contribution is 7.99. The second-order valence-corrected chi connectivity index (χ2v) is 8.18. The van der Waals surface area contributed by atoms with Crippen LogP contribution in [0.4, 0.5) is 4.39 Å². The van der Waals surface area contributed by atoms with Crippen LogP contribution in [0.5, 0.6) is 0 Å². The topological polar surface area (TPSA) is 46.2 Å². The van der Waals surface area contributed by atoms with Crippen molar-refractivity contribution in [2.45, 2.75) is 22.3 Å². The fourth-order valence-electron chi connectivity index (χ4n) is 2.41. The van der Waals surface area contributed by atoms with E-state index in [4.69, 9.17) is 11.6 Å². The monoisotopic (exact) mass is 357 g/mol. The van der Waals surface area contributed by atoms with Gasteiger partial charge < -0.3 is 0 Å². The highest BCUT2D eigenvalue weighted by Gasteiger charge is 2.27. The Kier molecular flexibility index (Phi) is 4.45. The lowest BCUT2D eigenvalue weighted by molar-refractivity contribution is 0.532. The molecule has 0 spiro atoms. The molecule has 0 bridgehead atoms. The molecule has 2 aromatic carbocycles. The van der Waals surface area contributed by atoms with Gasteiger partial charge in [-0.3, -0.25) is 0 Å². The Morgan fingerprint density at radius 2 is 2.00 bits per heavy atom. The largest absolute Gasteiger partial charge is 0.244 e. The van der Waals surface area contributed by atoms with Crippen molar-refractivity contribution in [3.05, 3.63) is 58.9 Å². The number of benzene rings is 2. The van der Waals surface area contributed by atoms with E-state index in [-0.39, 0.29) is 16.0 Å². The number of rotatable bonds is 3. The minimum Gasteiger partial charge on any atom is -0.207 e. The van der Waals surface area contributed by atoms with Crippen LogP contribution in [-0.2, 0) is 10.0 Å². The van der Waals surface area contributed by atoms with Gasteiger partial charge in [0.05, 0.1) is 0 Å². The number of hydrogen-bond acceptors (Lipinski definition) is 3. The van der Waals surface area contributed by atoms with E-state index in [0.717, 1.165) is 22.3 Å². The van der Waals surface area contributed by atoms with E-state index in [2.05, 4.69) is 4.72 Å². The van der Waals surface area contributed by atoms with Crippen LogP contribution < -0.4 is 4.72 Å². The van der Waals surface area contributed by atoms with Crippen molar-refractivity contribution in [3.8, 4) is 0 Å². The number of halogens is 2. The number of hydrogen-bond donors (Lipinski definition) is 1. The second kappa shape index (κ2) is 6.20. The van der Waals surface area contributed by atoms with Gasteiger partial charge in [-0.25, -0.2) is 17.5 Å². The smallest absolute Gasteiger partial charge is 0.207 e. The van der Waals surface area contributed by atoms with Crippen molar-refractivity contribution in [2.24, 2.45) is 0 Å². The molecule has 1 N–H and O–H groups in total. The summed E-state index contributed by atoms with van der Waals surface area (Å²) < 4.78 is 41.4. The van der Waals surface area contributed by atoms with E-state index < -0.39 is 15.8 Å². The quantitative estimate of drug-likeness (QED) is 0.903. The molecule has 22 heavy (non-hydrogen) atoms. The minimum atomic E-state index is -3.94. The zero-order chi connectivity index (χ0) is 15.7. The molecule has 3 nitrogen and oxygen atoms in total. The minimum absolute atomic E-state index is 0.163. The van der Waals surface area contributed by atoms with E-state index in [0.29, 0.717) is 6.42 Å². The predicted molar refractivity (Wildman–Crippen MR) is 86.3 cm³/mol. The van der Waals surface area contributed by atoms with Gasteiger partial charge in [0.25, 0.3) is 0 Å². The van der Waals surface area contributed by atoms with Crippen molar-refractivity contribution >= 4 is 33.4 Å². The van der Waals surface area contributed by atoms with E-state index in [9.17, 15) is 12.8 Å². The summed E-state index contributed by atoms with van der Waals surface area (Å²) in [7, 11) is -3.94. The van der Waals surface area contributed by atoms with Crippen molar-refractivity contribution in [1.29, 1.82) is 0 Å². The van der Waals surface area contributed by atoms with Crippen LogP contribution >= 0.6 is 23.4 Å². The van der Waals surface area contributed by atoms with Crippen LogP contribution in [0.15, 0.2) is 52.3 Å². The van der Waals surface area contributed by atoms with Crippen molar-refractivity contribution in [2.75, 3.05) is 5.75 Å². The molecule has 1 aliphatic rings. The Morgan fingerprint density at radius 1 is 1.23 bits per heavy atom. The van der Waals surface area contributed by atoms with E-state index in [1.165, 1.54) is 12.1 Å². The highest BCUT2D eigenvalue weighted by atomic mass is 35.5. The lowest BCUT2D eigenvalue weighted by Gasteiger charge is -2.25. The summed E-state index contributed by atoms with van der Waals surface area (Å²) in [5.41, 5.74) is 0.927. The van der Waals surface area contributed by atoms with Gasteiger partial charge in [0.15, 0.2) is 0 Å². The zero-order valence-corrected chi connectivity index (χ0v) is 13.8. The van der Waals surface area contributed by atoms with Crippen LogP contribution in [0, 0.1) is 5.82 Å². The van der Waals surface area contributed by atoms with Gasteiger partial charge in [-0.05, 0) is 42.0 Å². The average molecular weight is 358 g/mol. The summed E-state index contributed by atoms with van der Waals surface area (Å²) in [6.07, 6.45) is 0.663. The van der Waals surface area contributed by atoms with Gasteiger partial charge in [-0.15, -0.1) is 11.8 Å². The van der Waals surface area contributed by atoms with Crippen LogP contribution in [0.25, 0.3) is 0 Å². The normalized spacial score (nSPS) is 18.0. The maximum Gasteiger partial charge on any atom is 0.244 e. The SMILES string of the molecule is O=S(=O)(NC1CCSc2ccccc21)c1ccc(Cl)cc1F. The lowest BCUT2D eigenvalue weighted by atomic mass is 10.1. The number of thioether (sulfide) groups is 1. The summed E-state index contributed by atoms with van der Waals surface area (Å²) in [6.45, 7) is 0. The van der Waals surface area contributed by atoms with E-state index in [1.54, 1.807) is 11.8 Å². The van der Waals surface area contributed by atoms with E-state index in [1.807, 2.05) is 24.3 Å². The van der Waals surface area contributed by atoms with Gasteiger partial charge in [0.1, 0.15) is 10.7 Å². The first-order chi connectivity index (χ1) is 10.5. The molecule has 0 radical (unpaired) electrons. The molecule has 0 aromatic heterocycles. The fraction of sp³-hybridized carbons (Fsp3) is 0.200. The number of nitrogens with one attached hydrogen (secondary N) is 1. The first kappa shape index (κ1) is 15.8. The Morgan fingerprint density at radius 3 is 2.77 bits per heavy atom. The summed E-state index contributed by atoms with van der Waals surface area (Å²) in [6, 6.07) is 10.8. The molecule has 116 valence electrons. The van der Waals surface area contributed by atoms with Gasteiger partial charge >= 0.3 is 0 Å². The molecule has 1 atom stereocenters. The average Bonchev–Trinajstić information content (AvgIpc) is 2.47. The maximum absolute atomic E-state index is 13.9. The third kappa shape index (κ3) is 3.15. The molecule has 0 saturated carbocycles. The molecule has 2 aromatic rings. The Labute approximate surface area is 137 Å². The zero-order valence-electron chi connectivity index (χ0n) is 11.4. The van der Waals surface area contributed by atoms with Crippen LogP contribution in [0.2, 0.25) is 5.02 Å². The van der Waals surface area contributed by atoms with Crippen molar-refractivity contribution in [3.63, 3.8) is 0 Å². The van der Waals surface area contributed by atoms with Crippen LogP contribution in [-0.4, -0.2) is 14.2 Å². The number of fused-ring (bicyclic) bond motifs is 1. The van der Waals surface area contributed by atoms with Crippen LogP contribution in [0.3, 0.4) is 0 Å². The molecule has 1 aliphatic heterocycles. The molecule has 0 amide bonds. The van der Waals surface area contributed by atoms with Gasteiger partial charge in [-0.2, -0.15) is 0 Å². The molecular weight excluding hydrogens is 345 g/mol. The lowest BCUT2D eigenvalue weighted by Crippen LogP contribution is -2.31. The standard InChI is InChI=1S/C15H13ClFNO2S2/c16-10-5-6-15(12(17)9-10)22(19,20)18-13-7-8-21-14-4-2-1-3-11(13)14/h1-6,9,13,18H,7-8H2. The first-order valence-electron chi connectivity index (χ1n) is 6.66. The summed E-state index contributed by atoms with van der Waals surface area (Å²) >= 11 is 7.36. The Balaban J connectivity index is 1.93. The van der Waals surface area contributed by atoms with Crippen LogP contribution in [0.1, 0.15) is 18.0 Å². The highest BCUT2D eigenvalue weighted by Crippen LogP contribution is 2.36. The second-order valence-electron chi connectivity index (χ2n) is 4.92. The van der Waals surface area contributed by atoms with Crippen molar-refractivity contribution < 1.29 is 12.8 Å². The van der Waals surface area contributed by atoms with Gasteiger partial charge in [-0.1, -0.05) is 29.8 Å². The van der Waals surface area contributed by atoms with Gasteiger partial charge in [0.2, 0.25) is 10.0 Å². The summed E-state index contributed by atoms with van der Waals surface area (Å²) in [5.74, 6) is -0.0358. The number of sulfonamides is 1. The maximum atomic E-state index is 13.9. The molecule has 0 saturated heterocycles. The Bertz CT molecular complexity index is 811. The molecule has 7 heteroatoms.